The molecule has 1 atom stereocenters. The quantitative estimate of drug-likeness (QED) is 0.653. The fraction of sp³-hybridized carbons (Fsp3) is 0.727. The van der Waals surface area contributed by atoms with E-state index in [0.717, 1.165) is 11.3 Å². The van der Waals surface area contributed by atoms with Crippen LogP contribution in [0.2, 0.25) is 0 Å². The van der Waals surface area contributed by atoms with E-state index in [0.29, 0.717) is 19.4 Å². The van der Waals surface area contributed by atoms with Crippen molar-refractivity contribution in [3.8, 4) is 0 Å². The maximum atomic E-state index is 11.4. The maximum Gasteiger partial charge on any atom is 0.324 e. The van der Waals surface area contributed by atoms with Crippen LogP contribution < -0.4 is 10.6 Å². The van der Waals surface area contributed by atoms with Crippen LogP contribution in [-0.2, 0) is 9.59 Å². The summed E-state index contributed by atoms with van der Waals surface area (Å²) in [6, 6.07) is -0.198. The predicted molar refractivity (Wildman–Crippen MR) is 62.2 cm³/mol. The Labute approximate surface area is 101 Å². The van der Waals surface area contributed by atoms with Gasteiger partial charge in [0, 0.05) is 19.0 Å². The van der Waals surface area contributed by atoms with Crippen molar-refractivity contribution in [2.24, 2.45) is 0 Å². The van der Waals surface area contributed by atoms with Crippen molar-refractivity contribution in [2.75, 3.05) is 13.1 Å². The molecule has 0 aromatic heterocycles. The van der Waals surface area contributed by atoms with Gasteiger partial charge in [0.15, 0.2) is 0 Å². The number of hydrogen-bond donors (Lipinski definition) is 2. The first-order valence-electron chi connectivity index (χ1n) is 5.92. The highest BCUT2D eigenvalue weighted by Gasteiger charge is 2.27. The molecular weight excluding hydrogens is 222 g/mol. The third-order valence-corrected chi connectivity index (χ3v) is 2.74. The van der Waals surface area contributed by atoms with E-state index in [1.54, 1.807) is 0 Å². The summed E-state index contributed by atoms with van der Waals surface area (Å²) in [7, 11) is 0. The third kappa shape index (κ3) is 4.05. The lowest BCUT2D eigenvalue weighted by Gasteiger charge is -2.13. The number of carbonyl (C=O) groups excluding carboxylic acids is 3. The minimum atomic E-state index is -0.364. The van der Waals surface area contributed by atoms with Crippen molar-refractivity contribution in [3.05, 3.63) is 0 Å². The van der Waals surface area contributed by atoms with Gasteiger partial charge in [0.25, 0.3) is 0 Å². The van der Waals surface area contributed by atoms with E-state index < -0.39 is 0 Å². The van der Waals surface area contributed by atoms with Gasteiger partial charge < -0.3 is 10.6 Å². The first-order chi connectivity index (χ1) is 8.04. The predicted octanol–water partition coefficient (Wildman–Crippen LogP) is 0.233. The van der Waals surface area contributed by atoms with Crippen molar-refractivity contribution in [1.82, 2.24) is 15.5 Å². The molecule has 2 N–H and O–H groups in total. The monoisotopic (exact) mass is 241 g/mol. The average Bonchev–Trinajstić information content (AvgIpc) is 2.60. The molecule has 1 heterocycles. The van der Waals surface area contributed by atoms with Crippen LogP contribution in [0.1, 0.15) is 33.1 Å². The second-order valence-electron chi connectivity index (χ2n) is 4.18. The molecule has 1 aliphatic rings. The first kappa shape index (κ1) is 13.5. The minimum Gasteiger partial charge on any atom is -0.354 e. The smallest absolute Gasteiger partial charge is 0.324 e. The highest BCUT2D eigenvalue weighted by Crippen LogP contribution is 2.02. The Morgan fingerprint density at radius 1 is 1.53 bits per heavy atom. The summed E-state index contributed by atoms with van der Waals surface area (Å²) in [5, 5.41) is 5.27. The molecule has 0 radical (unpaired) electrons. The zero-order valence-corrected chi connectivity index (χ0v) is 10.3. The Morgan fingerprint density at radius 2 is 2.24 bits per heavy atom. The highest BCUT2D eigenvalue weighted by atomic mass is 16.2. The number of hydrogen-bond acceptors (Lipinski definition) is 3. The number of urea groups is 1. The van der Waals surface area contributed by atoms with Gasteiger partial charge in [-0.1, -0.05) is 6.92 Å². The molecule has 6 nitrogen and oxygen atoms in total. The van der Waals surface area contributed by atoms with Gasteiger partial charge in [0.2, 0.25) is 11.8 Å². The summed E-state index contributed by atoms with van der Waals surface area (Å²) >= 11 is 0. The van der Waals surface area contributed by atoms with Crippen molar-refractivity contribution in [2.45, 2.75) is 39.2 Å². The molecule has 1 rings (SSSR count). The SMILES string of the molecule is CCC(C)NC(=O)CCCN1C(=O)CNC1=O. The summed E-state index contributed by atoms with van der Waals surface area (Å²) in [4.78, 5) is 35.0. The molecule has 1 aliphatic heterocycles. The molecule has 17 heavy (non-hydrogen) atoms. The second-order valence-corrected chi connectivity index (χ2v) is 4.18. The Bertz CT molecular complexity index is 301. The van der Waals surface area contributed by atoms with Gasteiger partial charge in [-0.25, -0.2) is 4.79 Å². The molecule has 96 valence electrons. The average molecular weight is 241 g/mol. The Morgan fingerprint density at radius 3 is 2.76 bits per heavy atom. The van der Waals surface area contributed by atoms with Crippen molar-refractivity contribution in [1.29, 1.82) is 0 Å². The van der Waals surface area contributed by atoms with Crippen LogP contribution in [0, 0.1) is 0 Å². The number of amides is 4. The molecule has 1 saturated heterocycles. The summed E-state index contributed by atoms with van der Waals surface area (Å²) in [6.07, 6.45) is 1.72. The molecule has 0 aromatic rings. The maximum absolute atomic E-state index is 11.4. The number of imide groups is 1. The number of nitrogens with one attached hydrogen (secondary N) is 2. The topological polar surface area (TPSA) is 78.5 Å². The van der Waals surface area contributed by atoms with Crippen molar-refractivity contribution < 1.29 is 14.4 Å². The molecule has 1 fully saturated rings. The van der Waals surface area contributed by atoms with Crippen molar-refractivity contribution >= 4 is 17.8 Å². The number of rotatable bonds is 6. The molecule has 0 bridgehead atoms. The summed E-state index contributed by atoms with van der Waals surface area (Å²) in [5.41, 5.74) is 0. The van der Waals surface area contributed by atoms with Crippen LogP contribution in [0.4, 0.5) is 4.79 Å². The van der Waals surface area contributed by atoms with E-state index >= 15 is 0 Å². The van der Waals surface area contributed by atoms with Crippen LogP contribution in [0.5, 0.6) is 0 Å². The van der Waals surface area contributed by atoms with Gasteiger partial charge in [0.1, 0.15) is 0 Å². The molecule has 0 aliphatic carbocycles. The van der Waals surface area contributed by atoms with E-state index in [-0.39, 0.29) is 30.4 Å². The second kappa shape index (κ2) is 6.22. The lowest BCUT2D eigenvalue weighted by atomic mass is 10.2. The molecule has 6 heteroatoms. The number of nitrogens with zero attached hydrogens (tertiary/aromatic N) is 1. The van der Waals surface area contributed by atoms with Gasteiger partial charge in [-0.05, 0) is 19.8 Å². The normalized spacial score (nSPS) is 16.9. The third-order valence-electron chi connectivity index (χ3n) is 2.74. The fourth-order valence-electron chi connectivity index (χ4n) is 1.53. The van der Waals surface area contributed by atoms with Gasteiger partial charge >= 0.3 is 6.03 Å². The zero-order chi connectivity index (χ0) is 12.8. The van der Waals surface area contributed by atoms with Crippen LogP contribution >= 0.6 is 0 Å². The standard InChI is InChI=1S/C11H19N3O3/c1-3-8(2)13-9(15)5-4-6-14-10(16)7-12-11(14)17/h8H,3-7H2,1-2H3,(H,12,17)(H,13,15). The molecule has 0 saturated carbocycles. The van der Waals surface area contributed by atoms with Crippen LogP contribution in [-0.4, -0.2) is 41.9 Å². The fourth-order valence-corrected chi connectivity index (χ4v) is 1.53. The molecule has 0 spiro atoms. The van der Waals surface area contributed by atoms with E-state index in [1.807, 2.05) is 13.8 Å². The van der Waals surface area contributed by atoms with Crippen molar-refractivity contribution in [3.63, 3.8) is 0 Å². The summed E-state index contributed by atoms with van der Waals surface area (Å²) in [6.45, 7) is 4.31. The summed E-state index contributed by atoms with van der Waals surface area (Å²) < 4.78 is 0. The zero-order valence-electron chi connectivity index (χ0n) is 10.3. The lowest BCUT2D eigenvalue weighted by molar-refractivity contribution is -0.126. The Kier molecular flexibility index (Phi) is 4.93. The van der Waals surface area contributed by atoms with E-state index in [1.165, 1.54) is 0 Å². The van der Waals surface area contributed by atoms with E-state index in [9.17, 15) is 14.4 Å². The molecule has 0 aromatic carbocycles. The van der Waals surface area contributed by atoms with E-state index in [2.05, 4.69) is 10.6 Å². The van der Waals surface area contributed by atoms with Crippen LogP contribution in [0.15, 0.2) is 0 Å². The Hall–Kier alpha value is -1.59. The van der Waals surface area contributed by atoms with Gasteiger partial charge in [-0.15, -0.1) is 0 Å². The van der Waals surface area contributed by atoms with E-state index in [4.69, 9.17) is 0 Å². The molecule has 4 amide bonds. The molecular formula is C11H19N3O3. The highest BCUT2D eigenvalue weighted by molar-refractivity contribution is 6.01. The summed E-state index contributed by atoms with van der Waals surface area (Å²) in [5.74, 6) is -0.260. The number of carbonyl (C=O) groups is 3. The first-order valence-corrected chi connectivity index (χ1v) is 5.92. The van der Waals surface area contributed by atoms with Gasteiger partial charge in [-0.2, -0.15) is 0 Å². The Balaban J connectivity index is 2.21. The van der Waals surface area contributed by atoms with Crippen LogP contribution in [0.25, 0.3) is 0 Å². The minimum absolute atomic E-state index is 0.0357. The van der Waals surface area contributed by atoms with Gasteiger partial charge in [0.05, 0.1) is 6.54 Å². The lowest BCUT2D eigenvalue weighted by Crippen LogP contribution is -2.34. The van der Waals surface area contributed by atoms with Gasteiger partial charge in [-0.3, -0.25) is 14.5 Å². The molecule has 1 unspecified atom stereocenters. The largest absolute Gasteiger partial charge is 0.354 e. The van der Waals surface area contributed by atoms with Crippen LogP contribution in [0.3, 0.4) is 0 Å².